The molecule has 0 spiro atoms. The highest BCUT2D eigenvalue weighted by Crippen LogP contribution is 2.13. The van der Waals surface area contributed by atoms with E-state index in [9.17, 15) is 4.79 Å². The molecule has 0 radical (unpaired) electrons. The molecule has 4 nitrogen and oxygen atoms in total. The SMILES string of the molecule is O=C(NCC[C@@H]1CCCN1)c1ncccc1Br. The number of hydrogen-bond donors (Lipinski definition) is 2. The van der Waals surface area contributed by atoms with Gasteiger partial charge in [0, 0.05) is 23.3 Å². The lowest BCUT2D eigenvalue weighted by atomic mass is 10.1. The van der Waals surface area contributed by atoms with E-state index in [1.54, 1.807) is 12.3 Å². The van der Waals surface area contributed by atoms with Crippen LogP contribution in [0.2, 0.25) is 0 Å². The summed E-state index contributed by atoms with van der Waals surface area (Å²) in [5, 5.41) is 6.30. The molecule has 1 aromatic rings. The van der Waals surface area contributed by atoms with Gasteiger partial charge in [-0.25, -0.2) is 4.98 Å². The molecule has 0 aromatic carbocycles. The second-order valence-corrected chi connectivity index (χ2v) is 5.03. The number of hydrogen-bond acceptors (Lipinski definition) is 3. The van der Waals surface area contributed by atoms with Gasteiger partial charge in [-0.2, -0.15) is 0 Å². The van der Waals surface area contributed by atoms with E-state index in [4.69, 9.17) is 0 Å². The molecule has 1 amide bonds. The van der Waals surface area contributed by atoms with E-state index in [-0.39, 0.29) is 5.91 Å². The number of aromatic nitrogens is 1. The number of halogens is 1. The predicted octanol–water partition coefficient (Wildman–Crippen LogP) is 1.72. The van der Waals surface area contributed by atoms with Gasteiger partial charge in [0.15, 0.2) is 0 Å². The van der Waals surface area contributed by atoms with Crippen LogP contribution in [0.3, 0.4) is 0 Å². The molecule has 2 heterocycles. The zero-order chi connectivity index (χ0) is 12.1. The Morgan fingerprint density at radius 1 is 1.65 bits per heavy atom. The Morgan fingerprint density at radius 2 is 2.53 bits per heavy atom. The van der Waals surface area contributed by atoms with Crippen molar-refractivity contribution in [2.24, 2.45) is 0 Å². The summed E-state index contributed by atoms with van der Waals surface area (Å²) >= 11 is 3.32. The van der Waals surface area contributed by atoms with E-state index in [1.165, 1.54) is 12.8 Å². The molecule has 1 aliphatic rings. The molecule has 5 heteroatoms. The van der Waals surface area contributed by atoms with E-state index >= 15 is 0 Å². The van der Waals surface area contributed by atoms with Gasteiger partial charge in [0.2, 0.25) is 0 Å². The van der Waals surface area contributed by atoms with Crippen LogP contribution in [0.5, 0.6) is 0 Å². The minimum atomic E-state index is -0.115. The molecule has 2 rings (SSSR count). The number of pyridine rings is 1. The summed E-state index contributed by atoms with van der Waals surface area (Å²) in [5.74, 6) is -0.115. The van der Waals surface area contributed by atoms with Crippen molar-refractivity contribution in [1.29, 1.82) is 0 Å². The van der Waals surface area contributed by atoms with Gasteiger partial charge in [-0.15, -0.1) is 0 Å². The normalized spacial score (nSPS) is 19.2. The van der Waals surface area contributed by atoms with Gasteiger partial charge in [-0.3, -0.25) is 4.79 Å². The maximum Gasteiger partial charge on any atom is 0.271 e. The summed E-state index contributed by atoms with van der Waals surface area (Å²) < 4.78 is 0.733. The third-order valence-corrected chi connectivity index (χ3v) is 3.55. The molecule has 1 atom stereocenters. The highest BCUT2D eigenvalue weighted by molar-refractivity contribution is 9.10. The molecule has 2 N–H and O–H groups in total. The Hall–Kier alpha value is -0.940. The molecule has 0 saturated carbocycles. The van der Waals surface area contributed by atoms with Crippen molar-refractivity contribution < 1.29 is 4.79 Å². The van der Waals surface area contributed by atoms with E-state index < -0.39 is 0 Å². The van der Waals surface area contributed by atoms with Crippen LogP contribution < -0.4 is 10.6 Å². The van der Waals surface area contributed by atoms with Crippen LogP contribution in [-0.4, -0.2) is 30.0 Å². The predicted molar refractivity (Wildman–Crippen MR) is 69.9 cm³/mol. The average Bonchev–Trinajstić information content (AvgIpc) is 2.82. The molecule has 1 aromatic heterocycles. The van der Waals surface area contributed by atoms with Crippen molar-refractivity contribution in [3.63, 3.8) is 0 Å². The number of carbonyl (C=O) groups is 1. The van der Waals surface area contributed by atoms with Crippen LogP contribution in [0.15, 0.2) is 22.8 Å². The monoisotopic (exact) mass is 297 g/mol. The first-order chi connectivity index (χ1) is 8.27. The fourth-order valence-electron chi connectivity index (χ4n) is 2.00. The van der Waals surface area contributed by atoms with Gasteiger partial charge in [-0.05, 0) is 53.9 Å². The first-order valence-electron chi connectivity index (χ1n) is 5.89. The van der Waals surface area contributed by atoms with Gasteiger partial charge in [0.1, 0.15) is 5.69 Å². The first-order valence-corrected chi connectivity index (χ1v) is 6.69. The quantitative estimate of drug-likeness (QED) is 0.890. The van der Waals surface area contributed by atoms with Crippen molar-refractivity contribution in [1.82, 2.24) is 15.6 Å². The number of rotatable bonds is 4. The Bertz CT molecular complexity index is 391. The zero-order valence-corrected chi connectivity index (χ0v) is 11.2. The molecule has 1 fully saturated rings. The van der Waals surface area contributed by atoms with Crippen LogP contribution in [0.4, 0.5) is 0 Å². The van der Waals surface area contributed by atoms with Gasteiger partial charge < -0.3 is 10.6 Å². The molecule has 92 valence electrons. The van der Waals surface area contributed by atoms with Crippen molar-refractivity contribution in [2.75, 3.05) is 13.1 Å². The molecular weight excluding hydrogens is 282 g/mol. The van der Waals surface area contributed by atoms with Crippen LogP contribution in [0.1, 0.15) is 29.8 Å². The lowest BCUT2D eigenvalue weighted by Gasteiger charge is -2.10. The number of amides is 1. The molecular formula is C12H16BrN3O. The van der Waals surface area contributed by atoms with Crippen molar-refractivity contribution in [3.05, 3.63) is 28.5 Å². The maximum absolute atomic E-state index is 11.8. The minimum absolute atomic E-state index is 0.115. The topological polar surface area (TPSA) is 54.0 Å². The van der Waals surface area contributed by atoms with Gasteiger partial charge >= 0.3 is 0 Å². The summed E-state index contributed by atoms with van der Waals surface area (Å²) in [6.45, 7) is 1.80. The van der Waals surface area contributed by atoms with Crippen LogP contribution >= 0.6 is 15.9 Å². The summed E-state index contributed by atoms with van der Waals surface area (Å²) in [6.07, 6.45) is 5.06. The smallest absolute Gasteiger partial charge is 0.271 e. The highest BCUT2D eigenvalue weighted by atomic mass is 79.9. The standard InChI is InChI=1S/C12H16BrN3O/c13-10-4-2-7-15-11(10)12(17)16-8-5-9-3-1-6-14-9/h2,4,7,9,14H,1,3,5-6,8H2,(H,16,17)/t9-/m0/s1. The number of nitrogens with zero attached hydrogens (tertiary/aromatic N) is 1. The lowest BCUT2D eigenvalue weighted by Crippen LogP contribution is -2.31. The Morgan fingerprint density at radius 3 is 3.24 bits per heavy atom. The molecule has 17 heavy (non-hydrogen) atoms. The van der Waals surface area contributed by atoms with E-state index in [0.29, 0.717) is 18.3 Å². The summed E-state index contributed by atoms with van der Waals surface area (Å²) in [4.78, 5) is 15.9. The summed E-state index contributed by atoms with van der Waals surface area (Å²) in [7, 11) is 0. The fraction of sp³-hybridized carbons (Fsp3) is 0.500. The highest BCUT2D eigenvalue weighted by Gasteiger charge is 2.15. The van der Waals surface area contributed by atoms with Crippen molar-refractivity contribution >= 4 is 21.8 Å². The molecule has 0 unspecified atom stereocenters. The average molecular weight is 298 g/mol. The van der Waals surface area contributed by atoms with E-state index in [2.05, 4.69) is 31.5 Å². The second kappa shape index (κ2) is 6.12. The Balaban J connectivity index is 1.79. The largest absolute Gasteiger partial charge is 0.351 e. The van der Waals surface area contributed by atoms with E-state index in [0.717, 1.165) is 17.4 Å². The maximum atomic E-state index is 11.8. The van der Waals surface area contributed by atoms with Gasteiger partial charge in [0.25, 0.3) is 5.91 Å². The van der Waals surface area contributed by atoms with Crippen molar-refractivity contribution in [3.8, 4) is 0 Å². The number of carbonyl (C=O) groups excluding carboxylic acids is 1. The second-order valence-electron chi connectivity index (χ2n) is 4.17. The Labute approximate surface area is 109 Å². The van der Waals surface area contributed by atoms with Crippen LogP contribution in [0.25, 0.3) is 0 Å². The molecule has 1 aliphatic heterocycles. The van der Waals surface area contributed by atoms with Gasteiger partial charge in [-0.1, -0.05) is 0 Å². The number of nitrogens with one attached hydrogen (secondary N) is 2. The van der Waals surface area contributed by atoms with Gasteiger partial charge in [0.05, 0.1) is 0 Å². The summed E-state index contributed by atoms with van der Waals surface area (Å²) in [6, 6.07) is 4.17. The molecule has 0 bridgehead atoms. The third-order valence-electron chi connectivity index (χ3n) is 2.91. The Kier molecular flexibility index (Phi) is 4.50. The molecule has 1 saturated heterocycles. The van der Waals surface area contributed by atoms with Crippen LogP contribution in [-0.2, 0) is 0 Å². The molecule has 0 aliphatic carbocycles. The third kappa shape index (κ3) is 3.51. The first kappa shape index (κ1) is 12.5. The lowest BCUT2D eigenvalue weighted by molar-refractivity contribution is 0.0946. The summed E-state index contributed by atoms with van der Waals surface area (Å²) in [5.41, 5.74) is 0.451. The van der Waals surface area contributed by atoms with Crippen LogP contribution in [0, 0.1) is 0 Å². The zero-order valence-electron chi connectivity index (χ0n) is 9.58. The minimum Gasteiger partial charge on any atom is -0.351 e. The van der Waals surface area contributed by atoms with Crippen molar-refractivity contribution in [2.45, 2.75) is 25.3 Å². The fourth-order valence-corrected chi connectivity index (χ4v) is 2.43. The van der Waals surface area contributed by atoms with E-state index in [1.807, 2.05) is 6.07 Å².